The maximum Gasteiger partial charge on any atom is 0.416 e. The fourth-order valence-corrected chi connectivity index (χ4v) is 4.02. The summed E-state index contributed by atoms with van der Waals surface area (Å²) in [5, 5.41) is -0.0774. The number of alkyl halides is 4. The van der Waals surface area contributed by atoms with E-state index in [1.54, 1.807) is 18.0 Å². The lowest BCUT2D eigenvalue weighted by Gasteiger charge is -2.11. The van der Waals surface area contributed by atoms with E-state index in [4.69, 9.17) is 11.6 Å². The summed E-state index contributed by atoms with van der Waals surface area (Å²) in [6.07, 6.45) is 0.989. The summed E-state index contributed by atoms with van der Waals surface area (Å²) in [7, 11) is 0. The van der Waals surface area contributed by atoms with Gasteiger partial charge >= 0.3 is 6.18 Å². The maximum absolute atomic E-state index is 12.8. The lowest BCUT2D eigenvalue weighted by molar-refractivity contribution is -0.137. The average molecular weight is 396 g/mol. The fraction of sp³-hybridized carbons (Fsp3) is 0.231. The Labute approximate surface area is 135 Å². The summed E-state index contributed by atoms with van der Waals surface area (Å²) in [6.45, 7) is 0. The van der Waals surface area contributed by atoms with E-state index in [0.29, 0.717) is 5.69 Å². The van der Waals surface area contributed by atoms with E-state index < -0.39 is 11.7 Å². The summed E-state index contributed by atoms with van der Waals surface area (Å²) < 4.78 is 38.6. The number of nitrogens with zero attached hydrogens (tertiary/aromatic N) is 2. The Morgan fingerprint density at radius 2 is 2.00 bits per heavy atom. The first-order valence-electron chi connectivity index (χ1n) is 5.86. The van der Waals surface area contributed by atoms with Crippen molar-refractivity contribution in [2.45, 2.75) is 15.6 Å². The van der Waals surface area contributed by atoms with Crippen LogP contribution in [0, 0.1) is 0 Å². The average Bonchev–Trinajstić information content (AvgIpc) is 2.83. The molecule has 2 atom stereocenters. The molecule has 0 N–H and O–H groups in total. The highest BCUT2D eigenvalue weighted by atomic mass is 79.9. The topological polar surface area (TPSA) is 25.8 Å². The zero-order valence-electron chi connectivity index (χ0n) is 10.2. The van der Waals surface area contributed by atoms with Crippen molar-refractivity contribution in [3.05, 3.63) is 46.8 Å². The van der Waals surface area contributed by atoms with Gasteiger partial charge in [0, 0.05) is 0 Å². The van der Waals surface area contributed by atoms with E-state index in [0.717, 1.165) is 12.1 Å². The predicted molar refractivity (Wildman–Crippen MR) is 81.7 cm³/mol. The van der Waals surface area contributed by atoms with Crippen LogP contribution in [-0.2, 0) is 6.18 Å². The molecule has 2 nitrogen and oxygen atoms in total. The van der Waals surface area contributed by atoms with Crippen molar-refractivity contribution in [3.8, 4) is 0 Å². The predicted octanol–water partition coefficient (Wildman–Crippen LogP) is 5.37. The lowest BCUT2D eigenvalue weighted by Crippen LogP contribution is -2.06. The number of hydrogen-bond acceptors (Lipinski definition) is 3. The highest BCUT2D eigenvalue weighted by Gasteiger charge is 2.32. The molecule has 0 aliphatic carbocycles. The number of rotatable bonds is 1. The van der Waals surface area contributed by atoms with Crippen molar-refractivity contribution in [2.24, 2.45) is 0 Å². The van der Waals surface area contributed by atoms with E-state index in [9.17, 15) is 13.2 Å². The normalized spacial score (nSPS) is 22.1. The standard InChI is InChI=1S/C13H7BrClF3N2S/c14-11-2-1-10(21-11)9-5-19-12-7(15)3-6(13(16,17)18)4-8(12)20-9/h1-5,10-11H. The molecule has 2 aromatic rings. The molecule has 21 heavy (non-hydrogen) atoms. The molecule has 0 radical (unpaired) electrons. The van der Waals surface area contributed by atoms with Crippen molar-refractivity contribution in [1.82, 2.24) is 9.97 Å². The molecule has 1 aliphatic heterocycles. The Morgan fingerprint density at radius 1 is 1.24 bits per heavy atom. The van der Waals surface area contributed by atoms with Gasteiger partial charge in [-0.3, -0.25) is 4.98 Å². The molecule has 2 heterocycles. The molecular formula is C13H7BrClF3N2S. The van der Waals surface area contributed by atoms with Gasteiger partial charge in [0.25, 0.3) is 0 Å². The van der Waals surface area contributed by atoms with Crippen molar-refractivity contribution >= 4 is 50.3 Å². The van der Waals surface area contributed by atoms with Gasteiger partial charge in [0.2, 0.25) is 0 Å². The fourth-order valence-electron chi connectivity index (χ4n) is 1.98. The number of benzene rings is 1. The number of fused-ring (bicyclic) bond motifs is 1. The largest absolute Gasteiger partial charge is 0.416 e. The number of halogens is 5. The Bertz CT molecular complexity index is 735. The molecule has 0 fully saturated rings. The van der Waals surface area contributed by atoms with E-state index in [-0.39, 0.29) is 25.5 Å². The van der Waals surface area contributed by atoms with Crippen LogP contribution in [0.4, 0.5) is 13.2 Å². The summed E-state index contributed by atoms with van der Waals surface area (Å²) in [4.78, 5) is 8.44. The first-order valence-corrected chi connectivity index (χ1v) is 8.09. The van der Waals surface area contributed by atoms with Crippen LogP contribution in [0.1, 0.15) is 16.5 Å². The third kappa shape index (κ3) is 3.05. The third-order valence-corrected chi connectivity index (χ3v) is 5.30. The molecule has 0 spiro atoms. The molecular weight excluding hydrogens is 389 g/mol. The highest BCUT2D eigenvalue weighted by Crippen LogP contribution is 2.42. The molecule has 110 valence electrons. The van der Waals surface area contributed by atoms with E-state index in [1.165, 1.54) is 0 Å². The minimum atomic E-state index is -4.46. The Hall–Kier alpha value is -0.790. The molecule has 1 aromatic carbocycles. The second kappa shape index (κ2) is 5.44. The summed E-state index contributed by atoms with van der Waals surface area (Å²) in [5.41, 5.74) is 0.218. The monoisotopic (exact) mass is 394 g/mol. The van der Waals surface area contributed by atoms with Crippen molar-refractivity contribution in [3.63, 3.8) is 0 Å². The van der Waals surface area contributed by atoms with Crippen LogP contribution in [0.25, 0.3) is 11.0 Å². The minimum Gasteiger partial charge on any atom is -0.251 e. The Balaban J connectivity index is 2.10. The summed E-state index contributed by atoms with van der Waals surface area (Å²) in [6, 6.07) is 1.85. The number of aromatic nitrogens is 2. The van der Waals surface area contributed by atoms with E-state index in [2.05, 4.69) is 25.9 Å². The first-order chi connectivity index (χ1) is 9.84. The van der Waals surface area contributed by atoms with E-state index >= 15 is 0 Å². The summed E-state index contributed by atoms with van der Waals surface area (Å²) in [5.74, 6) is 0. The van der Waals surface area contributed by atoms with Gasteiger partial charge in [-0.2, -0.15) is 13.2 Å². The molecule has 1 aromatic heterocycles. The molecule has 3 rings (SSSR count). The zero-order chi connectivity index (χ0) is 15.2. The molecule has 0 amide bonds. The molecule has 0 saturated carbocycles. The molecule has 8 heteroatoms. The van der Waals surface area contributed by atoms with Crippen LogP contribution in [-0.4, -0.2) is 14.1 Å². The van der Waals surface area contributed by atoms with Gasteiger partial charge in [-0.05, 0) is 12.1 Å². The van der Waals surface area contributed by atoms with Gasteiger partial charge in [-0.25, -0.2) is 4.98 Å². The SMILES string of the molecule is FC(F)(F)c1cc(Cl)c2ncc(C3C=CC(Br)S3)nc2c1. The smallest absolute Gasteiger partial charge is 0.251 e. The zero-order valence-corrected chi connectivity index (χ0v) is 13.4. The van der Waals surface area contributed by atoms with Crippen molar-refractivity contribution in [1.29, 1.82) is 0 Å². The molecule has 2 unspecified atom stereocenters. The van der Waals surface area contributed by atoms with Crippen LogP contribution in [0.5, 0.6) is 0 Å². The van der Waals surface area contributed by atoms with Gasteiger partial charge in [0.1, 0.15) is 5.52 Å². The van der Waals surface area contributed by atoms with Crippen molar-refractivity contribution in [2.75, 3.05) is 0 Å². The molecule has 0 saturated heterocycles. The van der Waals surface area contributed by atoms with Crippen LogP contribution >= 0.6 is 39.3 Å². The van der Waals surface area contributed by atoms with Crippen LogP contribution in [0.2, 0.25) is 5.02 Å². The van der Waals surface area contributed by atoms with Gasteiger partial charge in [0.15, 0.2) is 0 Å². The minimum absolute atomic E-state index is 0.0282. The number of hydrogen-bond donors (Lipinski definition) is 0. The number of thioether (sulfide) groups is 1. The lowest BCUT2D eigenvalue weighted by atomic mass is 10.1. The van der Waals surface area contributed by atoms with Gasteiger partial charge < -0.3 is 0 Å². The van der Waals surface area contributed by atoms with Crippen LogP contribution < -0.4 is 0 Å². The summed E-state index contributed by atoms with van der Waals surface area (Å²) >= 11 is 10.9. The Kier molecular flexibility index (Phi) is 3.92. The van der Waals surface area contributed by atoms with Crippen LogP contribution in [0.15, 0.2) is 30.5 Å². The van der Waals surface area contributed by atoms with Gasteiger partial charge in [-0.15, -0.1) is 11.8 Å². The second-order valence-electron chi connectivity index (χ2n) is 4.41. The van der Waals surface area contributed by atoms with Crippen molar-refractivity contribution < 1.29 is 13.2 Å². The second-order valence-corrected chi connectivity index (χ2v) is 7.70. The molecule has 1 aliphatic rings. The third-order valence-electron chi connectivity index (χ3n) is 2.95. The van der Waals surface area contributed by atoms with Gasteiger partial charge in [0.05, 0.1) is 37.4 Å². The Morgan fingerprint density at radius 3 is 2.62 bits per heavy atom. The maximum atomic E-state index is 12.8. The van der Waals surface area contributed by atoms with Gasteiger partial charge in [-0.1, -0.05) is 39.7 Å². The highest BCUT2D eigenvalue weighted by molar-refractivity contribution is 9.11. The molecule has 0 bridgehead atoms. The first kappa shape index (κ1) is 15.1. The van der Waals surface area contributed by atoms with Crippen LogP contribution in [0.3, 0.4) is 0 Å². The quantitative estimate of drug-likeness (QED) is 0.480. The van der Waals surface area contributed by atoms with E-state index in [1.807, 2.05) is 12.2 Å².